The van der Waals surface area contributed by atoms with Crippen molar-refractivity contribution >= 4 is 17.4 Å². The molecule has 2 heteroatoms. The molecule has 0 fully saturated rings. The fraction of sp³-hybridized carbons (Fsp3) is 0.538. The molecule has 84 valence electrons. The van der Waals surface area contributed by atoms with Gasteiger partial charge in [0.1, 0.15) is 0 Å². The molecular formula is C13H21NS. The zero-order chi connectivity index (χ0) is 11.4. The van der Waals surface area contributed by atoms with Gasteiger partial charge in [-0.2, -0.15) is 0 Å². The first kappa shape index (κ1) is 12.5. The van der Waals surface area contributed by atoms with Gasteiger partial charge in [-0.25, -0.2) is 0 Å². The predicted molar refractivity (Wildman–Crippen MR) is 70.6 cm³/mol. The van der Waals surface area contributed by atoms with E-state index in [-0.39, 0.29) is 0 Å². The van der Waals surface area contributed by atoms with Gasteiger partial charge >= 0.3 is 0 Å². The smallest absolute Gasteiger partial charge is 0.0167 e. The molecule has 0 atom stereocenters. The Hall–Kier alpha value is -0.600. The Morgan fingerprint density at radius 2 is 2.13 bits per heavy atom. The highest BCUT2D eigenvalue weighted by Crippen LogP contribution is 2.22. The third kappa shape index (κ3) is 4.18. The molecule has 1 heterocycles. The van der Waals surface area contributed by atoms with Crippen LogP contribution < -0.4 is 5.32 Å². The van der Waals surface area contributed by atoms with Crippen LogP contribution in [0.15, 0.2) is 11.6 Å². The van der Waals surface area contributed by atoms with Gasteiger partial charge in [-0.05, 0) is 32.4 Å². The lowest BCUT2D eigenvalue weighted by atomic mass is 10.1. The van der Waals surface area contributed by atoms with Crippen LogP contribution in [0.1, 0.15) is 36.1 Å². The number of thiophene rings is 1. The van der Waals surface area contributed by atoms with E-state index in [4.69, 9.17) is 0 Å². The summed E-state index contributed by atoms with van der Waals surface area (Å²) in [7, 11) is 0. The van der Waals surface area contributed by atoms with Gasteiger partial charge in [0.15, 0.2) is 0 Å². The Balaban J connectivity index is 2.65. The van der Waals surface area contributed by atoms with Crippen molar-refractivity contribution in [3.63, 3.8) is 0 Å². The van der Waals surface area contributed by atoms with Crippen molar-refractivity contribution in [1.29, 1.82) is 0 Å². The third-order valence-corrected chi connectivity index (χ3v) is 3.25. The maximum atomic E-state index is 3.43. The van der Waals surface area contributed by atoms with Crippen molar-refractivity contribution in [1.82, 2.24) is 5.32 Å². The summed E-state index contributed by atoms with van der Waals surface area (Å²) in [5.41, 5.74) is 2.77. The maximum absolute atomic E-state index is 3.43. The van der Waals surface area contributed by atoms with Gasteiger partial charge in [0.25, 0.3) is 0 Å². The van der Waals surface area contributed by atoms with Gasteiger partial charge in [0.05, 0.1) is 0 Å². The Kier molecular flexibility index (Phi) is 4.55. The molecule has 0 aliphatic carbocycles. The summed E-state index contributed by atoms with van der Waals surface area (Å²) < 4.78 is 0. The van der Waals surface area contributed by atoms with E-state index in [2.05, 4.69) is 52.1 Å². The lowest BCUT2D eigenvalue weighted by molar-refractivity contribution is 0.623. The third-order valence-electron chi connectivity index (χ3n) is 2.27. The molecule has 1 rings (SSSR count). The average molecular weight is 223 g/mol. The summed E-state index contributed by atoms with van der Waals surface area (Å²) in [4.78, 5) is 2.81. The molecule has 15 heavy (non-hydrogen) atoms. The molecule has 0 saturated carbocycles. The van der Waals surface area contributed by atoms with Gasteiger partial charge in [0.2, 0.25) is 0 Å². The van der Waals surface area contributed by atoms with E-state index in [1.807, 2.05) is 11.3 Å². The fourth-order valence-corrected chi connectivity index (χ4v) is 2.38. The molecule has 0 aliphatic rings. The number of aryl methyl sites for hydroxylation is 2. The van der Waals surface area contributed by atoms with Crippen LogP contribution >= 0.6 is 11.3 Å². The summed E-state index contributed by atoms with van der Waals surface area (Å²) in [6, 6.07) is 2.82. The van der Waals surface area contributed by atoms with Crippen LogP contribution in [0.25, 0.3) is 6.08 Å². The molecular weight excluding hydrogens is 202 g/mol. The number of hydrogen-bond donors (Lipinski definition) is 1. The summed E-state index contributed by atoms with van der Waals surface area (Å²) in [6.45, 7) is 11.9. The highest BCUT2D eigenvalue weighted by atomic mass is 32.1. The number of nitrogens with one attached hydrogen (secondary N) is 1. The van der Waals surface area contributed by atoms with Gasteiger partial charge in [-0.1, -0.05) is 25.5 Å². The molecule has 0 amide bonds. The van der Waals surface area contributed by atoms with E-state index < -0.39 is 0 Å². The average Bonchev–Trinajstić information content (AvgIpc) is 2.42. The summed E-state index contributed by atoms with van der Waals surface area (Å²) in [5, 5.41) is 3.43. The predicted octanol–water partition coefficient (Wildman–Crippen LogP) is 3.77. The van der Waals surface area contributed by atoms with Crippen molar-refractivity contribution in [2.45, 2.75) is 40.7 Å². The highest BCUT2D eigenvalue weighted by Gasteiger charge is 2.00. The molecule has 1 aromatic rings. The van der Waals surface area contributed by atoms with Crippen LogP contribution in [0.4, 0.5) is 0 Å². The van der Waals surface area contributed by atoms with Crippen LogP contribution in [-0.4, -0.2) is 12.6 Å². The molecule has 0 unspecified atom stereocenters. The first-order valence-corrected chi connectivity index (χ1v) is 6.28. The SMILES string of the molecule is CC(=Cc1cc(C)sc1C)CNC(C)C. The Bertz CT molecular complexity index is 347. The van der Waals surface area contributed by atoms with Crippen LogP contribution in [-0.2, 0) is 0 Å². The zero-order valence-electron chi connectivity index (χ0n) is 10.3. The zero-order valence-corrected chi connectivity index (χ0v) is 11.2. The monoisotopic (exact) mass is 223 g/mol. The highest BCUT2D eigenvalue weighted by molar-refractivity contribution is 7.12. The summed E-state index contributed by atoms with van der Waals surface area (Å²) in [6.07, 6.45) is 2.29. The summed E-state index contributed by atoms with van der Waals surface area (Å²) >= 11 is 1.87. The molecule has 0 spiro atoms. The van der Waals surface area contributed by atoms with E-state index in [0.29, 0.717) is 6.04 Å². The summed E-state index contributed by atoms with van der Waals surface area (Å²) in [5.74, 6) is 0. The lowest BCUT2D eigenvalue weighted by Crippen LogP contribution is -2.24. The Labute approximate surface area is 97.2 Å². The van der Waals surface area contributed by atoms with Crippen LogP contribution in [0.2, 0.25) is 0 Å². The molecule has 0 bridgehead atoms. The largest absolute Gasteiger partial charge is 0.311 e. The van der Waals surface area contributed by atoms with Crippen molar-refractivity contribution in [2.24, 2.45) is 0 Å². The van der Waals surface area contributed by atoms with Gasteiger partial charge in [-0.15, -0.1) is 11.3 Å². The second kappa shape index (κ2) is 5.47. The minimum atomic E-state index is 0.554. The number of hydrogen-bond acceptors (Lipinski definition) is 2. The van der Waals surface area contributed by atoms with E-state index in [1.165, 1.54) is 20.9 Å². The molecule has 1 N–H and O–H groups in total. The van der Waals surface area contributed by atoms with E-state index in [1.54, 1.807) is 0 Å². The fourth-order valence-electron chi connectivity index (χ4n) is 1.48. The van der Waals surface area contributed by atoms with Crippen LogP contribution in [0, 0.1) is 13.8 Å². The second-order valence-electron chi connectivity index (χ2n) is 4.39. The molecule has 0 aromatic carbocycles. The van der Waals surface area contributed by atoms with Gasteiger partial charge < -0.3 is 5.32 Å². The standard InChI is InChI=1S/C13H21NS/c1-9(2)14-8-10(3)6-13-7-11(4)15-12(13)5/h6-7,9,14H,8H2,1-5H3. The van der Waals surface area contributed by atoms with Crippen molar-refractivity contribution in [3.8, 4) is 0 Å². The van der Waals surface area contributed by atoms with Gasteiger partial charge in [-0.3, -0.25) is 0 Å². The van der Waals surface area contributed by atoms with E-state index in [9.17, 15) is 0 Å². The van der Waals surface area contributed by atoms with Crippen molar-refractivity contribution in [3.05, 3.63) is 27.0 Å². The lowest BCUT2D eigenvalue weighted by Gasteiger charge is -2.07. The second-order valence-corrected chi connectivity index (χ2v) is 5.86. The van der Waals surface area contributed by atoms with Crippen LogP contribution in [0.5, 0.6) is 0 Å². The minimum absolute atomic E-state index is 0.554. The van der Waals surface area contributed by atoms with Crippen molar-refractivity contribution in [2.75, 3.05) is 6.54 Å². The van der Waals surface area contributed by atoms with E-state index in [0.717, 1.165) is 6.54 Å². The molecule has 1 aromatic heterocycles. The molecule has 0 radical (unpaired) electrons. The molecule has 0 aliphatic heterocycles. The normalized spacial score (nSPS) is 12.5. The maximum Gasteiger partial charge on any atom is 0.0167 e. The molecule has 0 saturated heterocycles. The Morgan fingerprint density at radius 3 is 2.60 bits per heavy atom. The van der Waals surface area contributed by atoms with Crippen molar-refractivity contribution < 1.29 is 0 Å². The minimum Gasteiger partial charge on any atom is -0.311 e. The quantitative estimate of drug-likeness (QED) is 0.819. The Morgan fingerprint density at radius 1 is 1.47 bits per heavy atom. The number of rotatable bonds is 4. The molecule has 1 nitrogen and oxygen atoms in total. The van der Waals surface area contributed by atoms with Gasteiger partial charge in [0, 0.05) is 22.3 Å². The first-order chi connectivity index (χ1) is 6.99. The topological polar surface area (TPSA) is 12.0 Å². The first-order valence-electron chi connectivity index (χ1n) is 5.46. The van der Waals surface area contributed by atoms with Crippen LogP contribution in [0.3, 0.4) is 0 Å². The van der Waals surface area contributed by atoms with E-state index >= 15 is 0 Å².